The molecule has 0 aliphatic heterocycles. The van der Waals surface area contributed by atoms with Crippen molar-refractivity contribution < 1.29 is 23.8 Å². The normalized spacial score (nSPS) is 15.5. The van der Waals surface area contributed by atoms with E-state index in [-0.39, 0.29) is 24.1 Å². The number of hydrogen-bond acceptors (Lipinski definition) is 7. The van der Waals surface area contributed by atoms with Gasteiger partial charge in [0, 0.05) is 11.8 Å². The summed E-state index contributed by atoms with van der Waals surface area (Å²) < 4.78 is 21.1. The summed E-state index contributed by atoms with van der Waals surface area (Å²) in [7, 11) is 1.63. The highest BCUT2D eigenvalue weighted by atomic mass is 16.5. The number of nitrogens with zero attached hydrogens (tertiary/aromatic N) is 4. The number of para-hydroxylation sites is 1. The molecule has 10 nitrogen and oxygen atoms in total. The highest BCUT2D eigenvalue weighted by molar-refractivity contribution is 5.80. The van der Waals surface area contributed by atoms with Crippen molar-refractivity contribution in [1.29, 1.82) is 0 Å². The number of rotatable bonds is 9. The first-order valence-electron chi connectivity index (χ1n) is 13.3. The Kier molecular flexibility index (Phi) is 7.31. The van der Waals surface area contributed by atoms with E-state index >= 15 is 0 Å². The van der Waals surface area contributed by atoms with Crippen molar-refractivity contribution in [2.75, 3.05) is 7.11 Å². The SMILES string of the molecule is COc1ccccc1[C@H](Cn1cc(C(C)(C)C(=O)O)c(=O)n2c(C)c(-c3ncco3)nc12)OC1CCCCC1. The van der Waals surface area contributed by atoms with E-state index in [4.69, 9.17) is 18.9 Å². The summed E-state index contributed by atoms with van der Waals surface area (Å²) in [6.07, 6.45) is 9.58. The molecule has 1 aliphatic carbocycles. The Balaban J connectivity index is 1.70. The fraction of sp³-hybridized carbons (Fsp3) is 0.448. The maximum Gasteiger partial charge on any atom is 0.313 e. The fourth-order valence-corrected chi connectivity index (χ4v) is 5.29. The second kappa shape index (κ2) is 10.7. The van der Waals surface area contributed by atoms with Crippen LogP contribution in [0.2, 0.25) is 0 Å². The van der Waals surface area contributed by atoms with Crippen molar-refractivity contribution in [2.24, 2.45) is 0 Å². The molecule has 5 rings (SSSR count). The minimum Gasteiger partial charge on any atom is -0.496 e. The van der Waals surface area contributed by atoms with E-state index in [1.54, 1.807) is 24.8 Å². The molecule has 206 valence electrons. The Morgan fingerprint density at radius 1 is 1.23 bits per heavy atom. The molecule has 4 aromatic rings. The molecule has 0 radical (unpaired) electrons. The van der Waals surface area contributed by atoms with Crippen molar-refractivity contribution in [1.82, 2.24) is 18.9 Å². The van der Waals surface area contributed by atoms with Gasteiger partial charge in [0.15, 0.2) is 0 Å². The summed E-state index contributed by atoms with van der Waals surface area (Å²) in [6, 6.07) is 7.72. The van der Waals surface area contributed by atoms with Crippen LogP contribution in [0, 0.1) is 6.92 Å². The smallest absolute Gasteiger partial charge is 0.313 e. The standard InChI is InChI=1S/C29H34N4O6/c1-18-24(25-30-14-15-38-25)31-28-32(16-21(26(34)33(18)28)29(2,3)27(35)36)17-23(39-19-10-6-5-7-11-19)20-12-8-9-13-22(20)37-4/h8-9,12-16,19,23H,5-7,10-11,17H2,1-4H3,(H,35,36)/t23-/m0/s1. The molecular formula is C29H34N4O6. The first-order valence-corrected chi connectivity index (χ1v) is 13.3. The van der Waals surface area contributed by atoms with Crippen LogP contribution >= 0.6 is 0 Å². The Hall–Kier alpha value is -3.92. The van der Waals surface area contributed by atoms with Gasteiger partial charge in [-0.05, 0) is 39.7 Å². The van der Waals surface area contributed by atoms with Crippen LogP contribution in [0.25, 0.3) is 17.4 Å². The topological polar surface area (TPSA) is 121 Å². The maximum absolute atomic E-state index is 13.8. The molecule has 1 N–H and O–H groups in total. The van der Waals surface area contributed by atoms with Crippen LogP contribution in [0.3, 0.4) is 0 Å². The third-order valence-corrected chi connectivity index (χ3v) is 7.67. The summed E-state index contributed by atoms with van der Waals surface area (Å²) in [5.74, 6) is 0.223. The van der Waals surface area contributed by atoms with Crippen LogP contribution in [0.15, 0.2) is 52.1 Å². The highest BCUT2D eigenvalue weighted by Crippen LogP contribution is 2.34. The Morgan fingerprint density at radius 2 is 1.97 bits per heavy atom. The molecule has 1 fully saturated rings. The summed E-state index contributed by atoms with van der Waals surface area (Å²) in [4.78, 5) is 35.0. The lowest BCUT2D eigenvalue weighted by atomic mass is 9.86. The molecule has 3 aromatic heterocycles. The van der Waals surface area contributed by atoms with Gasteiger partial charge < -0.3 is 23.6 Å². The molecule has 0 saturated heterocycles. The lowest BCUT2D eigenvalue weighted by Gasteiger charge is -2.30. The van der Waals surface area contributed by atoms with Gasteiger partial charge in [-0.1, -0.05) is 37.5 Å². The molecule has 1 saturated carbocycles. The Bertz CT molecular complexity index is 1530. The molecule has 39 heavy (non-hydrogen) atoms. The van der Waals surface area contributed by atoms with Crippen molar-refractivity contribution in [3.63, 3.8) is 0 Å². The molecule has 1 aliphatic rings. The molecule has 0 unspecified atom stereocenters. The average molecular weight is 535 g/mol. The lowest BCUT2D eigenvalue weighted by molar-refractivity contribution is -0.142. The minimum absolute atomic E-state index is 0.0864. The summed E-state index contributed by atoms with van der Waals surface area (Å²) in [6.45, 7) is 5.09. The van der Waals surface area contributed by atoms with Crippen LogP contribution < -0.4 is 10.3 Å². The highest BCUT2D eigenvalue weighted by Gasteiger charge is 2.35. The van der Waals surface area contributed by atoms with Gasteiger partial charge in [0.1, 0.15) is 23.8 Å². The number of aryl methyl sites for hydroxylation is 1. The number of aliphatic carboxylic acids is 1. The Morgan fingerprint density at radius 3 is 2.64 bits per heavy atom. The van der Waals surface area contributed by atoms with E-state index in [0.29, 0.717) is 22.9 Å². The number of ether oxygens (including phenoxy) is 2. The van der Waals surface area contributed by atoms with Gasteiger partial charge in [-0.3, -0.25) is 9.59 Å². The fourth-order valence-electron chi connectivity index (χ4n) is 5.29. The van der Waals surface area contributed by atoms with Crippen LogP contribution in [-0.2, 0) is 21.5 Å². The lowest BCUT2D eigenvalue weighted by Crippen LogP contribution is -2.38. The molecule has 10 heteroatoms. The van der Waals surface area contributed by atoms with E-state index in [2.05, 4.69) is 4.98 Å². The van der Waals surface area contributed by atoms with Gasteiger partial charge in [-0.25, -0.2) is 14.4 Å². The molecular weight excluding hydrogens is 500 g/mol. The predicted octanol–water partition coefficient (Wildman–Crippen LogP) is 4.92. The summed E-state index contributed by atoms with van der Waals surface area (Å²) >= 11 is 0. The van der Waals surface area contributed by atoms with E-state index in [9.17, 15) is 14.7 Å². The Labute approximate surface area is 226 Å². The van der Waals surface area contributed by atoms with Gasteiger partial charge in [0.2, 0.25) is 11.7 Å². The van der Waals surface area contributed by atoms with Gasteiger partial charge in [0.05, 0.1) is 42.6 Å². The molecule has 0 amide bonds. The number of imidazole rings is 1. The largest absolute Gasteiger partial charge is 0.496 e. The summed E-state index contributed by atoms with van der Waals surface area (Å²) in [5, 5.41) is 10.0. The zero-order valence-electron chi connectivity index (χ0n) is 22.7. The number of hydrogen-bond donors (Lipinski definition) is 1. The van der Waals surface area contributed by atoms with E-state index in [1.165, 1.54) is 37.1 Å². The van der Waals surface area contributed by atoms with Crippen LogP contribution in [0.4, 0.5) is 0 Å². The molecule has 1 aromatic carbocycles. The second-order valence-corrected chi connectivity index (χ2v) is 10.6. The number of carbonyl (C=O) groups is 1. The number of benzene rings is 1. The molecule has 1 atom stereocenters. The van der Waals surface area contributed by atoms with E-state index in [0.717, 1.165) is 31.2 Å². The molecule has 3 heterocycles. The van der Waals surface area contributed by atoms with Crippen molar-refractivity contribution in [3.05, 3.63) is 70.1 Å². The average Bonchev–Trinajstić information content (AvgIpc) is 3.58. The van der Waals surface area contributed by atoms with Gasteiger partial charge in [-0.15, -0.1) is 0 Å². The predicted molar refractivity (Wildman–Crippen MR) is 144 cm³/mol. The first kappa shape index (κ1) is 26.7. The van der Waals surface area contributed by atoms with E-state index in [1.807, 2.05) is 24.3 Å². The monoisotopic (exact) mass is 534 g/mol. The first-order chi connectivity index (χ1) is 18.7. The number of methoxy groups -OCH3 is 1. The van der Waals surface area contributed by atoms with Gasteiger partial charge >= 0.3 is 5.97 Å². The van der Waals surface area contributed by atoms with Gasteiger partial charge in [-0.2, -0.15) is 0 Å². The van der Waals surface area contributed by atoms with Crippen LogP contribution in [0.5, 0.6) is 5.75 Å². The van der Waals surface area contributed by atoms with Crippen molar-refractivity contribution in [2.45, 2.75) is 77.0 Å². The molecule has 0 bridgehead atoms. The van der Waals surface area contributed by atoms with Crippen LogP contribution in [0.1, 0.15) is 68.9 Å². The third-order valence-electron chi connectivity index (χ3n) is 7.67. The maximum atomic E-state index is 13.8. The second-order valence-electron chi connectivity index (χ2n) is 10.6. The number of aromatic nitrogens is 4. The van der Waals surface area contributed by atoms with E-state index < -0.39 is 23.0 Å². The van der Waals surface area contributed by atoms with Crippen LogP contribution in [-0.4, -0.2) is 43.2 Å². The van der Waals surface area contributed by atoms with Crippen molar-refractivity contribution in [3.8, 4) is 17.3 Å². The zero-order valence-corrected chi connectivity index (χ0v) is 22.7. The number of oxazole rings is 1. The number of fused-ring (bicyclic) bond motifs is 1. The van der Waals surface area contributed by atoms with Crippen molar-refractivity contribution >= 4 is 11.7 Å². The summed E-state index contributed by atoms with van der Waals surface area (Å²) in [5.41, 5.74) is 0.0424. The minimum atomic E-state index is -1.45. The zero-order chi connectivity index (χ0) is 27.7. The number of carboxylic acids is 1. The number of carboxylic acid groups (broad SMARTS) is 1. The van der Waals surface area contributed by atoms with Gasteiger partial charge in [0.25, 0.3) is 5.56 Å². The quantitative estimate of drug-likeness (QED) is 0.321. The molecule has 0 spiro atoms. The third kappa shape index (κ3) is 4.96.